The Morgan fingerprint density at radius 2 is 1.02 bits per heavy atom. The van der Waals surface area contributed by atoms with Crippen LogP contribution in [0.2, 0.25) is 0 Å². The standard InChI is InChI=1S/C42H26N2O/c1-6-19-35(44-38-22-9-4-18-34(38)41-39(44)25-24-33-32-17-5-10-23-40(32)45-42(33)41)29(14-1)27-12-11-13-28(26-27)43-36-20-7-2-15-30(36)31-16-3-8-21-37(31)43/h1-26H. The van der Waals surface area contributed by atoms with Gasteiger partial charge < -0.3 is 13.6 Å². The number of aromatic nitrogens is 2. The number of fused-ring (bicyclic) bond motifs is 10. The first kappa shape index (κ1) is 24.4. The van der Waals surface area contributed by atoms with E-state index in [-0.39, 0.29) is 0 Å². The first-order chi connectivity index (χ1) is 22.3. The Hall–Kier alpha value is -6.06. The van der Waals surface area contributed by atoms with Gasteiger partial charge in [-0.2, -0.15) is 0 Å². The van der Waals surface area contributed by atoms with Crippen LogP contribution >= 0.6 is 0 Å². The molecular formula is C42H26N2O. The van der Waals surface area contributed by atoms with Crippen molar-refractivity contribution in [1.82, 2.24) is 9.13 Å². The lowest BCUT2D eigenvalue weighted by Crippen LogP contribution is -1.98. The van der Waals surface area contributed by atoms with Crippen LogP contribution in [0, 0.1) is 0 Å². The molecular weight excluding hydrogens is 548 g/mol. The Labute approximate surface area is 258 Å². The summed E-state index contributed by atoms with van der Waals surface area (Å²) in [5.41, 5.74) is 11.2. The highest BCUT2D eigenvalue weighted by molar-refractivity contribution is 6.24. The van der Waals surface area contributed by atoms with Crippen LogP contribution in [0.5, 0.6) is 0 Å². The molecule has 0 bridgehead atoms. The third-order valence-corrected chi connectivity index (χ3v) is 9.32. The van der Waals surface area contributed by atoms with Gasteiger partial charge >= 0.3 is 0 Å². The normalized spacial score (nSPS) is 12.0. The molecule has 3 heterocycles. The molecule has 45 heavy (non-hydrogen) atoms. The van der Waals surface area contributed by atoms with E-state index in [1.54, 1.807) is 0 Å². The van der Waals surface area contributed by atoms with Gasteiger partial charge in [0.25, 0.3) is 0 Å². The molecule has 210 valence electrons. The molecule has 0 aliphatic heterocycles. The topological polar surface area (TPSA) is 23.0 Å². The molecule has 0 unspecified atom stereocenters. The number of rotatable bonds is 3. The van der Waals surface area contributed by atoms with Gasteiger partial charge in [-0.15, -0.1) is 0 Å². The zero-order chi connectivity index (χ0) is 29.5. The van der Waals surface area contributed by atoms with Crippen molar-refractivity contribution in [1.29, 1.82) is 0 Å². The second-order valence-corrected chi connectivity index (χ2v) is 11.7. The molecule has 0 spiro atoms. The van der Waals surface area contributed by atoms with Crippen molar-refractivity contribution in [3.63, 3.8) is 0 Å². The van der Waals surface area contributed by atoms with Crippen LogP contribution in [0.25, 0.3) is 88.1 Å². The number of benzene rings is 7. The fourth-order valence-electron chi connectivity index (χ4n) is 7.42. The molecule has 0 saturated carbocycles. The third kappa shape index (κ3) is 3.41. The molecule has 10 rings (SSSR count). The number of para-hydroxylation sites is 5. The smallest absolute Gasteiger partial charge is 0.145 e. The largest absolute Gasteiger partial charge is 0.455 e. The van der Waals surface area contributed by atoms with E-state index in [1.165, 1.54) is 38.3 Å². The Kier molecular flexibility index (Phi) is 5.00. The molecule has 3 aromatic heterocycles. The van der Waals surface area contributed by atoms with E-state index >= 15 is 0 Å². The Balaban J connectivity index is 1.24. The summed E-state index contributed by atoms with van der Waals surface area (Å²) in [5, 5.41) is 7.16. The zero-order valence-corrected chi connectivity index (χ0v) is 24.3. The van der Waals surface area contributed by atoms with Crippen LogP contribution < -0.4 is 0 Å². The van der Waals surface area contributed by atoms with Crippen molar-refractivity contribution in [2.24, 2.45) is 0 Å². The number of hydrogen-bond acceptors (Lipinski definition) is 1. The molecule has 0 atom stereocenters. The van der Waals surface area contributed by atoms with Gasteiger partial charge in [0.15, 0.2) is 0 Å². The number of furan rings is 1. The van der Waals surface area contributed by atoms with E-state index < -0.39 is 0 Å². The zero-order valence-electron chi connectivity index (χ0n) is 24.3. The molecule has 0 aliphatic carbocycles. The lowest BCUT2D eigenvalue weighted by Gasteiger charge is -2.15. The van der Waals surface area contributed by atoms with Crippen molar-refractivity contribution in [2.75, 3.05) is 0 Å². The summed E-state index contributed by atoms with van der Waals surface area (Å²) in [6.45, 7) is 0. The van der Waals surface area contributed by atoms with Crippen molar-refractivity contribution in [3.8, 4) is 22.5 Å². The van der Waals surface area contributed by atoms with Crippen molar-refractivity contribution in [3.05, 3.63) is 158 Å². The summed E-state index contributed by atoms with van der Waals surface area (Å²) in [5.74, 6) is 0. The van der Waals surface area contributed by atoms with Gasteiger partial charge in [0, 0.05) is 38.2 Å². The molecule has 3 nitrogen and oxygen atoms in total. The highest BCUT2D eigenvalue weighted by Crippen LogP contribution is 2.42. The van der Waals surface area contributed by atoms with E-state index in [1.807, 2.05) is 6.07 Å². The summed E-state index contributed by atoms with van der Waals surface area (Å²) in [7, 11) is 0. The van der Waals surface area contributed by atoms with Gasteiger partial charge in [-0.1, -0.05) is 103 Å². The van der Waals surface area contributed by atoms with Gasteiger partial charge in [-0.3, -0.25) is 0 Å². The highest BCUT2D eigenvalue weighted by Gasteiger charge is 2.20. The van der Waals surface area contributed by atoms with Crippen molar-refractivity contribution >= 4 is 65.6 Å². The van der Waals surface area contributed by atoms with E-state index in [2.05, 4.69) is 161 Å². The first-order valence-corrected chi connectivity index (χ1v) is 15.4. The van der Waals surface area contributed by atoms with E-state index in [9.17, 15) is 0 Å². The molecule has 0 N–H and O–H groups in total. The first-order valence-electron chi connectivity index (χ1n) is 15.4. The van der Waals surface area contributed by atoms with Crippen LogP contribution in [0.3, 0.4) is 0 Å². The number of nitrogens with zero attached hydrogens (tertiary/aromatic N) is 2. The number of hydrogen-bond donors (Lipinski definition) is 0. The molecule has 3 heteroatoms. The quantitative estimate of drug-likeness (QED) is 0.206. The van der Waals surface area contributed by atoms with E-state index in [0.717, 1.165) is 49.7 Å². The molecule has 0 fully saturated rings. The maximum atomic E-state index is 6.55. The monoisotopic (exact) mass is 574 g/mol. The molecule has 0 saturated heterocycles. The van der Waals surface area contributed by atoms with Gasteiger partial charge in [0.1, 0.15) is 11.2 Å². The predicted octanol–water partition coefficient (Wildman–Crippen LogP) is 11.4. The van der Waals surface area contributed by atoms with Crippen molar-refractivity contribution in [2.45, 2.75) is 0 Å². The minimum atomic E-state index is 0.916. The SMILES string of the molecule is c1cc(-c2ccccc2-n2c3ccccc3c3c4oc5ccccc5c4ccc32)cc(-n2c3ccccc3c3ccccc32)c1. The highest BCUT2D eigenvalue weighted by atomic mass is 16.3. The summed E-state index contributed by atoms with van der Waals surface area (Å²) in [6.07, 6.45) is 0. The summed E-state index contributed by atoms with van der Waals surface area (Å²) >= 11 is 0. The maximum absolute atomic E-state index is 6.55. The second kappa shape index (κ2) is 9.22. The molecule has 0 aliphatic rings. The summed E-state index contributed by atoms with van der Waals surface area (Å²) < 4.78 is 11.3. The average Bonchev–Trinajstić information content (AvgIpc) is 3.76. The van der Waals surface area contributed by atoms with E-state index in [4.69, 9.17) is 4.42 Å². The Morgan fingerprint density at radius 3 is 1.80 bits per heavy atom. The fraction of sp³-hybridized carbons (Fsp3) is 0. The van der Waals surface area contributed by atoms with Crippen LogP contribution in [-0.2, 0) is 0 Å². The lowest BCUT2D eigenvalue weighted by molar-refractivity contribution is 0.673. The van der Waals surface area contributed by atoms with E-state index in [0.29, 0.717) is 0 Å². The average molecular weight is 575 g/mol. The van der Waals surface area contributed by atoms with Gasteiger partial charge in [0.05, 0.1) is 33.1 Å². The van der Waals surface area contributed by atoms with Crippen LogP contribution in [0.1, 0.15) is 0 Å². The van der Waals surface area contributed by atoms with Gasteiger partial charge in [0.2, 0.25) is 0 Å². The maximum Gasteiger partial charge on any atom is 0.145 e. The lowest BCUT2D eigenvalue weighted by atomic mass is 10.0. The van der Waals surface area contributed by atoms with Crippen LogP contribution in [0.15, 0.2) is 162 Å². The second-order valence-electron chi connectivity index (χ2n) is 11.7. The Morgan fingerprint density at radius 1 is 0.400 bits per heavy atom. The summed E-state index contributed by atoms with van der Waals surface area (Å²) in [6, 6.07) is 56.5. The minimum absolute atomic E-state index is 0.916. The summed E-state index contributed by atoms with van der Waals surface area (Å²) in [4.78, 5) is 0. The van der Waals surface area contributed by atoms with Gasteiger partial charge in [-0.25, -0.2) is 0 Å². The fourth-order valence-corrected chi connectivity index (χ4v) is 7.42. The molecule has 10 aromatic rings. The minimum Gasteiger partial charge on any atom is -0.455 e. The Bertz CT molecular complexity index is 2720. The third-order valence-electron chi connectivity index (χ3n) is 9.32. The van der Waals surface area contributed by atoms with Gasteiger partial charge in [-0.05, 0) is 60.2 Å². The van der Waals surface area contributed by atoms with Crippen LogP contribution in [0.4, 0.5) is 0 Å². The molecule has 0 amide bonds. The molecule has 7 aromatic carbocycles. The molecule has 0 radical (unpaired) electrons. The predicted molar refractivity (Wildman–Crippen MR) is 188 cm³/mol. The van der Waals surface area contributed by atoms with Crippen LogP contribution in [-0.4, -0.2) is 9.13 Å². The van der Waals surface area contributed by atoms with Crippen molar-refractivity contribution < 1.29 is 4.42 Å².